The molecular weight excluding hydrogens is 360 g/mol. The van der Waals surface area contributed by atoms with Crippen molar-refractivity contribution < 1.29 is 4.79 Å². The number of aromatic nitrogens is 1. The average molecular weight is 375 g/mol. The minimum absolute atomic E-state index is 0.210. The van der Waals surface area contributed by atoms with E-state index in [1.807, 2.05) is 12.1 Å². The number of fused-ring (bicyclic) bond motifs is 1. The molecule has 0 aliphatic carbocycles. The van der Waals surface area contributed by atoms with Gasteiger partial charge in [0.2, 0.25) is 0 Å². The molecule has 112 valence electrons. The summed E-state index contributed by atoms with van der Waals surface area (Å²) in [5, 5.41) is 0. The van der Waals surface area contributed by atoms with Gasteiger partial charge >= 0.3 is 0 Å². The molecule has 3 nitrogen and oxygen atoms in total. The van der Waals surface area contributed by atoms with Crippen molar-refractivity contribution in [1.29, 1.82) is 0 Å². The van der Waals surface area contributed by atoms with Crippen LogP contribution in [-0.2, 0) is 6.54 Å². The lowest BCUT2D eigenvalue weighted by atomic mass is 10.2. The second-order valence-corrected chi connectivity index (χ2v) is 6.95. The molecule has 5 heteroatoms. The molecule has 0 bridgehead atoms. The van der Waals surface area contributed by atoms with Gasteiger partial charge in [0.1, 0.15) is 0 Å². The molecule has 1 heterocycles. The lowest BCUT2D eigenvalue weighted by Crippen LogP contribution is -2.15. The molecular formula is C17H15BrN2OS. The fraction of sp³-hybridized carbons (Fsp3) is 0.176. The number of aryl methyl sites for hydroxylation is 2. The Bertz CT molecular complexity index is 907. The summed E-state index contributed by atoms with van der Waals surface area (Å²) in [4.78, 5) is 17.4. The average Bonchev–Trinajstić information content (AvgIpc) is 2.83. The number of rotatable bonds is 2. The second kappa shape index (κ2) is 6.18. The summed E-state index contributed by atoms with van der Waals surface area (Å²) < 4.78 is 4.19. The fourth-order valence-electron chi connectivity index (χ4n) is 2.32. The Morgan fingerprint density at radius 1 is 1.23 bits per heavy atom. The van der Waals surface area contributed by atoms with Crippen molar-refractivity contribution >= 4 is 43.4 Å². The van der Waals surface area contributed by atoms with Gasteiger partial charge in [0.15, 0.2) is 4.80 Å². The first-order chi connectivity index (χ1) is 10.6. The molecule has 0 unspecified atom stereocenters. The summed E-state index contributed by atoms with van der Waals surface area (Å²) in [6.45, 7) is 4.92. The van der Waals surface area contributed by atoms with Crippen molar-refractivity contribution in [3.05, 3.63) is 62.9 Å². The SMILES string of the molecule is CCn1c(=NC(=O)c2ccc(Br)cc2)sc2cc(C)ccc21. The number of nitrogens with zero attached hydrogens (tertiary/aromatic N) is 2. The van der Waals surface area contributed by atoms with Gasteiger partial charge in [0, 0.05) is 16.6 Å². The number of carbonyl (C=O) groups excluding carboxylic acids is 1. The van der Waals surface area contributed by atoms with Gasteiger partial charge in [-0.1, -0.05) is 33.3 Å². The van der Waals surface area contributed by atoms with Crippen LogP contribution in [0.1, 0.15) is 22.8 Å². The Hall–Kier alpha value is -1.72. The highest BCUT2D eigenvalue weighted by atomic mass is 79.9. The number of benzene rings is 2. The van der Waals surface area contributed by atoms with E-state index in [1.54, 1.807) is 23.5 Å². The van der Waals surface area contributed by atoms with E-state index in [1.165, 1.54) is 5.56 Å². The van der Waals surface area contributed by atoms with Gasteiger partial charge in [-0.05, 0) is 55.8 Å². The molecule has 0 fully saturated rings. The predicted molar refractivity (Wildman–Crippen MR) is 94.3 cm³/mol. The third-order valence-electron chi connectivity index (χ3n) is 3.44. The summed E-state index contributed by atoms with van der Waals surface area (Å²) in [7, 11) is 0. The topological polar surface area (TPSA) is 34.4 Å². The van der Waals surface area contributed by atoms with Gasteiger partial charge in [-0.3, -0.25) is 4.79 Å². The molecule has 3 rings (SSSR count). The normalized spacial score (nSPS) is 12.0. The van der Waals surface area contributed by atoms with Crippen LogP contribution in [-0.4, -0.2) is 10.5 Å². The van der Waals surface area contributed by atoms with E-state index in [2.05, 4.69) is 57.5 Å². The number of hydrogen-bond donors (Lipinski definition) is 0. The van der Waals surface area contributed by atoms with Gasteiger partial charge in [0.05, 0.1) is 10.2 Å². The molecule has 3 aromatic rings. The highest BCUT2D eigenvalue weighted by Gasteiger charge is 2.08. The quantitative estimate of drug-likeness (QED) is 0.648. The first-order valence-electron chi connectivity index (χ1n) is 7.03. The summed E-state index contributed by atoms with van der Waals surface area (Å²) in [6, 6.07) is 13.6. The molecule has 0 N–H and O–H groups in total. The zero-order valence-corrected chi connectivity index (χ0v) is 14.7. The van der Waals surface area contributed by atoms with Crippen LogP contribution in [0.25, 0.3) is 10.2 Å². The molecule has 0 radical (unpaired) electrons. The van der Waals surface area contributed by atoms with Crippen molar-refractivity contribution in [2.45, 2.75) is 20.4 Å². The molecule has 0 aliphatic heterocycles. The van der Waals surface area contributed by atoms with E-state index in [4.69, 9.17) is 0 Å². The zero-order chi connectivity index (χ0) is 15.7. The molecule has 2 aromatic carbocycles. The van der Waals surface area contributed by atoms with Crippen LogP contribution in [0.15, 0.2) is 51.9 Å². The minimum atomic E-state index is -0.210. The Labute approximate surface area is 141 Å². The van der Waals surface area contributed by atoms with E-state index >= 15 is 0 Å². The molecule has 22 heavy (non-hydrogen) atoms. The second-order valence-electron chi connectivity index (χ2n) is 5.02. The number of amides is 1. The standard InChI is InChI=1S/C17H15BrN2OS/c1-3-20-14-9-4-11(2)10-15(14)22-17(20)19-16(21)12-5-7-13(18)8-6-12/h4-10H,3H2,1-2H3. The Morgan fingerprint density at radius 3 is 2.64 bits per heavy atom. The third-order valence-corrected chi connectivity index (χ3v) is 5.01. The van der Waals surface area contributed by atoms with E-state index in [0.29, 0.717) is 5.56 Å². The van der Waals surface area contributed by atoms with Gasteiger partial charge in [-0.2, -0.15) is 4.99 Å². The van der Waals surface area contributed by atoms with Crippen LogP contribution in [0.5, 0.6) is 0 Å². The number of hydrogen-bond acceptors (Lipinski definition) is 2. The highest BCUT2D eigenvalue weighted by molar-refractivity contribution is 9.10. The lowest BCUT2D eigenvalue weighted by Gasteiger charge is -2.00. The summed E-state index contributed by atoms with van der Waals surface area (Å²) in [6.07, 6.45) is 0. The molecule has 1 aromatic heterocycles. The molecule has 0 saturated heterocycles. The summed E-state index contributed by atoms with van der Waals surface area (Å²) >= 11 is 4.93. The number of halogens is 1. The van der Waals surface area contributed by atoms with Crippen molar-refractivity contribution in [3.63, 3.8) is 0 Å². The van der Waals surface area contributed by atoms with Crippen LogP contribution < -0.4 is 4.80 Å². The highest BCUT2D eigenvalue weighted by Crippen LogP contribution is 2.19. The summed E-state index contributed by atoms with van der Waals surface area (Å²) in [5.41, 5.74) is 2.93. The smallest absolute Gasteiger partial charge is 0.279 e. The predicted octanol–water partition coefficient (Wildman–Crippen LogP) is 4.53. The monoisotopic (exact) mass is 374 g/mol. The van der Waals surface area contributed by atoms with Gasteiger partial charge in [-0.15, -0.1) is 0 Å². The van der Waals surface area contributed by atoms with E-state index in [9.17, 15) is 4.79 Å². The van der Waals surface area contributed by atoms with Gasteiger partial charge in [-0.25, -0.2) is 0 Å². The van der Waals surface area contributed by atoms with Gasteiger partial charge < -0.3 is 4.57 Å². The van der Waals surface area contributed by atoms with E-state index in [-0.39, 0.29) is 5.91 Å². The van der Waals surface area contributed by atoms with Crippen molar-refractivity contribution in [3.8, 4) is 0 Å². The number of thiazole rings is 1. The van der Waals surface area contributed by atoms with Crippen LogP contribution >= 0.6 is 27.3 Å². The first-order valence-corrected chi connectivity index (χ1v) is 8.64. The molecule has 1 amide bonds. The van der Waals surface area contributed by atoms with E-state index in [0.717, 1.165) is 26.0 Å². The molecule has 0 saturated carbocycles. The van der Waals surface area contributed by atoms with Crippen molar-refractivity contribution in [1.82, 2.24) is 4.57 Å². The largest absolute Gasteiger partial charge is 0.317 e. The first kappa shape index (κ1) is 15.2. The Kier molecular flexibility index (Phi) is 4.27. The molecule has 0 spiro atoms. The fourth-order valence-corrected chi connectivity index (χ4v) is 3.77. The number of carbonyl (C=O) groups is 1. The third kappa shape index (κ3) is 2.91. The minimum Gasteiger partial charge on any atom is -0.317 e. The van der Waals surface area contributed by atoms with Crippen LogP contribution in [0.3, 0.4) is 0 Å². The maximum Gasteiger partial charge on any atom is 0.279 e. The van der Waals surface area contributed by atoms with Gasteiger partial charge in [0.25, 0.3) is 5.91 Å². The van der Waals surface area contributed by atoms with Crippen LogP contribution in [0.2, 0.25) is 0 Å². The zero-order valence-electron chi connectivity index (χ0n) is 12.3. The maximum atomic E-state index is 12.3. The van der Waals surface area contributed by atoms with Crippen molar-refractivity contribution in [2.24, 2.45) is 4.99 Å². The van der Waals surface area contributed by atoms with E-state index < -0.39 is 0 Å². The summed E-state index contributed by atoms with van der Waals surface area (Å²) in [5.74, 6) is -0.210. The van der Waals surface area contributed by atoms with Crippen LogP contribution in [0.4, 0.5) is 0 Å². The molecule has 0 aliphatic rings. The molecule has 0 atom stereocenters. The maximum absolute atomic E-state index is 12.3. The lowest BCUT2D eigenvalue weighted by molar-refractivity contribution is 0.0998. The Morgan fingerprint density at radius 2 is 1.95 bits per heavy atom. The Balaban J connectivity index is 2.12. The van der Waals surface area contributed by atoms with Crippen LogP contribution in [0, 0.1) is 6.92 Å². The van der Waals surface area contributed by atoms with Crippen molar-refractivity contribution in [2.75, 3.05) is 0 Å².